The topological polar surface area (TPSA) is 50.1 Å². The van der Waals surface area contributed by atoms with E-state index in [1.54, 1.807) is 12.1 Å². The minimum Gasteiger partial charge on any atom is -0.508 e. The summed E-state index contributed by atoms with van der Waals surface area (Å²) in [7, 11) is 2.00. The Bertz CT molecular complexity index is 562. The van der Waals surface area contributed by atoms with Gasteiger partial charge in [-0.05, 0) is 31.4 Å². The van der Waals surface area contributed by atoms with Crippen molar-refractivity contribution < 1.29 is 5.11 Å². The average molecular weight is 243 g/mol. The summed E-state index contributed by atoms with van der Waals surface area (Å²) in [6, 6.07) is 7.56. The summed E-state index contributed by atoms with van der Waals surface area (Å²) in [4.78, 5) is 0. The molecule has 4 nitrogen and oxygen atoms in total. The number of benzene rings is 1. The molecule has 3 rings (SSSR count). The van der Waals surface area contributed by atoms with E-state index in [9.17, 15) is 5.11 Å². The second-order valence-corrected chi connectivity index (χ2v) is 4.81. The maximum absolute atomic E-state index is 9.49. The van der Waals surface area contributed by atoms with Crippen LogP contribution in [0.5, 0.6) is 5.75 Å². The number of fused-ring (bicyclic) bond motifs is 1. The first-order valence-electron chi connectivity index (χ1n) is 6.30. The van der Waals surface area contributed by atoms with Gasteiger partial charge < -0.3 is 10.4 Å². The maximum Gasteiger partial charge on any atom is 0.117 e. The summed E-state index contributed by atoms with van der Waals surface area (Å²) in [6.45, 7) is 0. The Labute approximate surface area is 106 Å². The monoisotopic (exact) mass is 243 g/mol. The van der Waals surface area contributed by atoms with Gasteiger partial charge in [0, 0.05) is 30.1 Å². The molecule has 0 saturated carbocycles. The molecule has 0 saturated heterocycles. The molecule has 2 N–H and O–H groups in total. The van der Waals surface area contributed by atoms with Gasteiger partial charge in [-0.15, -0.1) is 0 Å². The fraction of sp³-hybridized carbons (Fsp3) is 0.357. The van der Waals surface area contributed by atoms with Crippen LogP contribution in [0.2, 0.25) is 0 Å². The SMILES string of the molecule is Cn1ncc2c1CCCC2Nc1cccc(O)c1. The van der Waals surface area contributed by atoms with E-state index in [0.717, 1.165) is 18.5 Å². The van der Waals surface area contributed by atoms with Crippen molar-refractivity contribution in [3.63, 3.8) is 0 Å². The van der Waals surface area contributed by atoms with Gasteiger partial charge in [-0.2, -0.15) is 5.10 Å². The third-order valence-electron chi connectivity index (χ3n) is 3.56. The lowest BCUT2D eigenvalue weighted by atomic mass is 9.93. The lowest BCUT2D eigenvalue weighted by Crippen LogP contribution is -2.17. The normalized spacial score (nSPS) is 18.4. The molecule has 0 radical (unpaired) electrons. The molecular formula is C14H17N3O. The summed E-state index contributed by atoms with van der Waals surface area (Å²) in [5.74, 6) is 0.294. The predicted molar refractivity (Wildman–Crippen MR) is 70.6 cm³/mol. The van der Waals surface area contributed by atoms with Crippen LogP contribution in [0.25, 0.3) is 0 Å². The van der Waals surface area contributed by atoms with Crippen molar-refractivity contribution in [3.8, 4) is 5.75 Å². The minimum atomic E-state index is 0.294. The highest BCUT2D eigenvalue weighted by atomic mass is 16.3. The molecule has 1 unspecified atom stereocenters. The second kappa shape index (κ2) is 4.37. The quantitative estimate of drug-likeness (QED) is 0.852. The first-order valence-corrected chi connectivity index (χ1v) is 6.30. The molecule has 0 spiro atoms. The van der Waals surface area contributed by atoms with Crippen molar-refractivity contribution in [2.24, 2.45) is 7.05 Å². The molecule has 1 aliphatic carbocycles. The van der Waals surface area contributed by atoms with Gasteiger partial charge in [-0.25, -0.2) is 0 Å². The fourth-order valence-corrected chi connectivity index (χ4v) is 2.65. The van der Waals surface area contributed by atoms with Crippen LogP contribution in [0, 0.1) is 0 Å². The maximum atomic E-state index is 9.49. The Morgan fingerprint density at radius 2 is 2.33 bits per heavy atom. The molecule has 0 fully saturated rings. The Kier molecular flexibility index (Phi) is 2.70. The number of anilines is 1. The van der Waals surface area contributed by atoms with Gasteiger partial charge in [-0.3, -0.25) is 4.68 Å². The van der Waals surface area contributed by atoms with Crippen LogP contribution in [0.3, 0.4) is 0 Å². The number of rotatable bonds is 2. The number of phenolic OH excluding ortho intramolecular Hbond substituents is 1. The molecule has 1 aliphatic rings. The summed E-state index contributed by atoms with van der Waals surface area (Å²) in [6.07, 6.45) is 5.33. The van der Waals surface area contributed by atoms with Gasteiger partial charge in [0.2, 0.25) is 0 Å². The number of hydrogen-bond acceptors (Lipinski definition) is 3. The first-order chi connectivity index (χ1) is 8.74. The molecule has 4 heteroatoms. The summed E-state index contributed by atoms with van der Waals surface area (Å²) < 4.78 is 1.96. The highest BCUT2D eigenvalue weighted by Gasteiger charge is 2.23. The zero-order valence-electron chi connectivity index (χ0n) is 10.4. The summed E-state index contributed by atoms with van der Waals surface area (Å²) >= 11 is 0. The van der Waals surface area contributed by atoms with E-state index >= 15 is 0 Å². The van der Waals surface area contributed by atoms with Crippen LogP contribution >= 0.6 is 0 Å². The molecule has 1 aromatic heterocycles. The fourth-order valence-electron chi connectivity index (χ4n) is 2.65. The van der Waals surface area contributed by atoms with Gasteiger partial charge in [0.05, 0.1) is 12.2 Å². The second-order valence-electron chi connectivity index (χ2n) is 4.81. The third-order valence-corrected chi connectivity index (χ3v) is 3.56. The van der Waals surface area contributed by atoms with Gasteiger partial charge >= 0.3 is 0 Å². The van der Waals surface area contributed by atoms with Gasteiger partial charge in [0.15, 0.2) is 0 Å². The van der Waals surface area contributed by atoms with E-state index in [1.807, 2.05) is 30.1 Å². The number of aryl methyl sites for hydroxylation is 1. The number of hydrogen-bond donors (Lipinski definition) is 2. The van der Waals surface area contributed by atoms with E-state index in [1.165, 1.54) is 17.7 Å². The number of aromatic hydroxyl groups is 1. The molecule has 0 aliphatic heterocycles. The third kappa shape index (κ3) is 1.94. The smallest absolute Gasteiger partial charge is 0.117 e. The highest BCUT2D eigenvalue weighted by molar-refractivity contribution is 5.50. The summed E-state index contributed by atoms with van der Waals surface area (Å²) in [5, 5.41) is 17.3. The zero-order valence-corrected chi connectivity index (χ0v) is 10.4. The van der Waals surface area contributed by atoms with E-state index in [-0.39, 0.29) is 0 Å². The zero-order chi connectivity index (χ0) is 12.5. The van der Waals surface area contributed by atoms with Crippen LogP contribution in [-0.2, 0) is 13.5 Å². The Morgan fingerprint density at radius 3 is 3.17 bits per heavy atom. The minimum absolute atomic E-state index is 0.294. The summed E-state index contributed by atoms with van der Waals surface area (Å²) in [5.41, 5.74) is 3.56. The molecule has 0 bridgehead atoms. The van der Waals surface area contributed by atoms with Crippen molar-refractivity contribution in [1.29, 1.82) is 0 Å². The highest BCUT2D eigenvalue weighted by Crippen LogP contribution is 2.32. The van der Waals surface area contributed by atoms with Crippen molar-refractivity contribution in [2.45, 2.75) is 25.3 Å². The number of aromatic nitrogens is 2. The molecule has 1 atom stereocenters. The molecule has 0 amide bonds. The van der Waals surface area contributed by atoms with Crippen molar-refractivity contribution in [3.05, 3.63) is 41.7 Å². The lowest BCUT2D eigenvalue weighted by Gasteiger charge is -2.24. The number of nitrogens with zero attached hydrogens (tertiary/aromatic N) is 2. The standard InChI is InChI=1S/C14H17N3O/c1-17-14-7-3-6-13(12(14)9-15-17)16-10-4-2-5-11(18)8-10/h2,4-5,8-9,13,16,18H,3,6-7H2,1H3. The van der Waals surface area contributed by atoms with Crippen LogP contribution in [0.15, 0.2) is 30.5 Å². The van der Waals surface area contributed by atoms with E-state index in [0.29, 0.717) is 11.8 Å². The number of phenols is 1. The van der Waals surface area contributed by atoms with E-state index < -0.39 is 0 Å². The van der Waals surface area contributed by atoms with Crippen LogP contribution in [0.1, 0.15) is 30.1 Å². The largest absolute Gasteiger partial charge is 0.508 e. The molecule has 2 aromatic rings. The van der Waals surface area contributed by atoms with Crippen molar-refractivity contribution in [2.75, 3.05) is 5.32 Å². The molecule has 94 valence electrons. The van der Waals surface area contributed by atoms with Gasteiger partial charge in [-0.1, -0.05) is 6.07 Å². The first kappa shape index (κ1) is 11.1. The lowest BCUT2D eigenvalue weighted by molar-refractivity contribution is 0.475. The van der Waals surface area contributed by atoms with Gasteiger partial charge in [0.1, 0.15) is 5.75 Å². The van der Waals surface area contributed by atoms with Gasteiger partial charge in [0.25, 0.3) is 0 Å². The molecule has 1 heterocycles. The Morgan fingerprint density at radius 1 is 1.44 bits per heavy atom. The molecule has 18 heavy (non-hydrogen) atoms. The Hall–Kier alpha value is -1.97. The van der Waals surface area contributed by atoms with Crippen molar-refractivity contribution in [1.82, 2.24) is 9.78 Å². The van der Waals surface area contributed by atoms with Crippen molar-refractivity contribution >= 4 is 5.69 Å². The van der Waals surface area contributed by atoms with Crippen LogP contribution in [0.4, 0.5) is 5.69 Å². The van der Waals surface area contributed by atoms with E-state index in [4.69, 9.17) is 0 Å². The average Bonchev–Trinajstić information content (AvgIpc) is 2.73. The van der Waals surface area contributed by atoms with E-state index in [2.05, 4.69) is 10.4 Å². The molecule has 1 aromatic carbocycles. The Balaban J connectivity index is 1.86. The predicted octanol–water partition coefficient (Wildman–Crippen LogP) is 2.62. The number of nitrogens with one attached hydrogen (secondary N) is 1. The van der Waals surface area contributed by atoms with Crippen LogP contribution in [-0.4, -0.2) is 14.9 Å². The van der Waals surface area contributed by atoms with Crippen LogP contribution < -0.4 is 5.32 Å². The molecular weight excluding hydrogens is 226 g/mol.